The van der Waals surface area contributed by atoms with Gasteiger partial charge < -0.3 is 9.15 Å². The minimum atomic E-state index is -0.727. The number of hydrogen-bond donors (Lipinski definition) is 0. The van der Waals surface area contributed by atoms with Gasteiger partial charge in [0.1, 0.15) is 11.8 Å². The van der Waals surface area contributed by atoms with Crippen molar-refractivity contribution in [2.75, 3.05) is 0 Å². The molecule has 2 rings (SSSR count). The summed E-state index contributed by atoms with van der Waals surface area (Å²) in [6, 6.07) is 2.70. The van der Waals surface area contributed by atoms with Crippen molar-refractivity contribution >= 4 is 5.97 Å². The Morgan fingerprint density at radius 1 is 1.64 bits per heavy atom. The predicted octanol–water partition coefficient (Wildman–Crippen LogP) is 1.95. The monoisotopic (exact) mass is 193 g/mol. The molecule has 0 spiro atoms. The van der Waals surface area contributed by atoms with E-state index in [-0.39, 0.29) is 0 Å². The van der Waals surface area contributed by atoms with Crippen molar-refractivity contribution in [2.45, 2.75) is 18.6 Å². The maximum absolute atomic E-state index is 11.1. The van der Waals surface area contributed by atoms with Crippen LogP contribution in [0.3, 0.4) is 0 Å². The van der Waals surface area contributed by atoms with E-state index in [1.807, 2.05) is 0 Å². The van der Waals surface area contributed by atoms with Crippen LogP contribution in [0.25, 0.3) is 10.4 Å². The topological polar surface area (TPSA) is 88.2 Å². The van der Waals surface area contributed by atoms with Crippen LogP contribution in [0, 0.1) is 0 Å². The van der Waals surface area contributed by atoms with Gasteiger partial charge in [-0.25, -0.2) is 0 Å². The molecule has 72 valence electrons. The molecule has 1 aromatic heterocycles. The molecule has 1 aromatic rings. The first kappa shape index (κ1) is 8.65. The molecule has 6 nitrogen and oxygen atoms in total. The molecule has 1 fully saturated rings. The van der Waals surface area contributed by atoms with Crippen LogP contribution in [0.2, 0.25) is 0 Å². The van der Waals surface area contributed by atoms with Crippen LogP contribution in [0.4, 0.5) is 0 Å². The molecule has 0 bridgehead atoms. The van der Waals surface area contributed by atoms with Crippen LogP contribution < -0.4 is 0 Å². The summed E-state index contributed by atoms with van der Waals surface area (Å²) < 4.78 is 10.1. The van der Waals surface area contributed by atoms with Crippen LogP contribution >= 0.6 is 0 Å². The minimum absolute atomic E-state index is 0.344. The Bertz CT molecular complexity index is 381. The molecular formula is C8H7N3O3. The van der Waals surface area contributed by atoms with Crippen LogP contribution in [-0.2, 0) is 9.53 Å². The lowest BCUT2D eigenvalue weighted by Crippen LogP contribution is -2.09. The van der Waals surface area contributed by atoms with Gasteiger partial charge in [0.2, 0.25) is 0 Å². The minimum Gasteiger partial charge on any atom is -0.465 e. The number of carbonyl (C=O) groups excluding carboxylic acids is 1. The maximum atomic E-state index is 11.1. The van der Waals surface area contributed by atoms with E-state index in [0.717, 1.165) is 0 Å². The second kappa shape index (κ2) is 3.43. The van der Waals surface area contributed by atoms with E-state index in [1.54, 1.807) is 12.1 Å². The number of carbonyl (C=O) groups is 1. The number of hydrogen-bond acceptors (Lipinski definition) is 4. The fourth-order valence-corrected chi connectivity index (χ4v) is 1.37. The molecule has 1 aliphatic rings. The molecule has 0 amide bonds. The van der Waals surface area contributed by atoms with E-state index in [1.165, 1.54) is 6.26 Å². The lowest BCUT2D eigenvalue weighted by atomic mass is 10.1. The van der Waals surface area contributed by atoms with Crippen molar-refractivity contribution in [2.24, 2.45) is 5.11 Å². The highest BCUT2D eigenvalue weighted by Crippen LogP contribution is 2.31. The highest BCUT2D eigenvalue weighted by Gasteiger charge is 2.35. The number of ether oxygens (including phenoxy) is 1. The van der Waals surface area contributed by atoms with E-state index >= 15 is 0 Å². The highest BCUT2D eigenvalue weighted by atomic mass is 16.6. The molecule has 0 aliphatic carbocycles. The number of cyclic esters (lactones) is 1. The van der Waals surface area contributed by atoms with Crippen LogP contribution in [0.15, 0.2) is 27.9 Å². The van der Waals surface area contributed by atoms with Gasteiger partial charge in [-0.2, -0.15) is 0 Å². The van der Waals surface area contributed by atoms with Crippen LogP contribution in [-0.4, -0.2) is 12.0 Å². The zero-order chi connectivity index (χ0) is 9.97. The lowest BCUT2D eigenvalue weighted by molar-refractivity contribution is -0.143. The number of rotatable bonds is 2. The third-order valence-corrected chi connectivity index (χ3v) is 2.02. The second-order valence-electron chi connectivity index (χ2n) is 2.90. The smallest absolute Gasteiger partial charge is 0.315 e. The van der Waals surface area contributed by atoms with Gasteiger partial charge in [-0.1, -0.05) is 5.11 Å². The standard InChI is InChI=1S/C8H7N3O3/c9-11-10-5-4-7(14-8(5)12)6-2-1-3-13-6/h1-3,5,7H,4H2/t5-,7-/m1/s1. The van der Waals surface area contributed by atoms with Gasteiger partial charge >= 0.3 is 5.97 Å². The van der Waals surface area contributed by atoms with Gasteiger partial charge in [-0.3, -0.25) is 4.79 Å². The summed E-state index contributed by atoms with van der Waals surface area (Å²) in [5.74, 6) is 0.0817. The quantitative estimate of drug-likeness (QED) is 0.311. The fraction of sp³-hybridized carbons (Fsp3) is 0.375. The van der Waals surface area contributed by atoms with E-state index < -0.39 is 18.1 Å². The SMILES string of the molecule is [N-]=[N+]=N[C@@H]1C[C@H](c2ccco2)OC1=O. The molecule has 0 saturated carbocycles. The molecule has 0 unspecified atom stereocenters. The highest BCUT2D eigenvalue weighted by molar-refractivity contribution is 5.78. The van der Waals surface area contributed by atoms with E-state index in [4.69, 9.17) is 14.7 Å². The Hall–Kier alpha value is -1.94. The van der Waals surface area contributed by atoms with Crippen molar-refractivity contribution in [1.82, 2.24) is 0 Å². The summed E-state index contributed by atoms with van der Waals surface area (Å²) in [5, 5.41) is 3.33. The summed E-state index contributed by atoms with van der Waals surface area (Å²) in [6.45, 7) is 0. The summed E-state index contributed by atoms with van der Waals surface area (Å²) in [5.41, 5.74) is 8.19. The summed E-state index contributed by atoms with van der Waals surface area (Å²) in [7, 11) is 0. The number of furan rings is 1. The Balaban J connectivity index is 2.14. The third-order valence-electron chi connectivity index (χ3n) is 2.02. The first-order chi connectivity index (χ1) is 6.81. The molecule has 0 aromatic carbocycles. The van der Waals surface area contributed by atoms with Gasteiger partial charge in [0.15, 0.2) is 6.10 Å². The molecule has 2 heterocycles. The first-order valence-corrected chi connectivity index (χ1v) is 4.09. The van der Waals surface area contributed by atoms with Gasteiger partial charge in [-0.05, 0) is 17.7 Å². The van der Waals surface area contributed by atoms with Crippen molar-refractivity contribution in [1.29, 1.82) is 0 Å². The van der Waals surface area contributed by atoms with Crippen LogP contribution in [0.5, 0.6) is 0 Å². The number of esters is 1. The van der Waals surface area contributed by atoms with Crippen molar-refractivity contribution in [3.63, 3.8) is 0 Å². The molecule has 0 N–H and O–H groups in total. The molecule has 14 heavy (non-hydrogen) atoms. The summed E-state index contributed by atoms with van der Waals surface area (Å²) in [6.07, 6.45) is 1.42. The fourth-order valence-electron chi connectivity index (χ4n) is 1.37. The Kier molecular flexibility index (Phi) is 2.12. The first-order valence-electron chi connectivity index (χ1n) is 4.09. The number of azide groups is 1. The average Bonchev–Trinajstić information content (AvgIpc) is 2.76. The average molecular weight is 193 g/mol. The van der Waals surface area contributed by atoms with Gasteiger partial charge in [-0.15, -0.1) is 0 Å². The largest absolute Gasteiger partial charge is 0.465 e. The molecule has 1 aliphatic heterocycles. The normalized spacial score (nSPS) is 25.6. The molecule has 2 atom stereocenters. The Morgan fingerprint density at radius 2 is 2.50 bits per heavy atom. The Morgan fingerprint density at radius 3 is 3.14 bits per heavy atom. The van der Waals surface area contributed by atoms with Crippen molar-refractivity contribution < 1.29 is 13.9 Å². The zero-order valence-electron chi connectivity index (χ0n) is 7.16. The van der Waals surface area contributed by atoms with E-state index in [2.05, 4.69) is 10.0 Å². The molecule has 6 heteroatoms. The maximum Gasteiger partial charge on any atom is 0.315 e. The van der Waals surface area contributed by atoms with Gasteiger partial charge in [0.25, 0.3) is 0 Å². The van der Waals surface area contributed by atoms with E-state index in [0.29, 0.717) is 12.2 Å². The molecule has 1 saturated heterocycles. The number of nitrogens with zero attached hydrogens (tertiary/aromatic N) is 3. The molecular weight excluding hydrogens is 186 g/mol. The Labute approximate surface area is 79.1 Å². The predicted molar refractivity (Wildman–Crippen MR) is 45.1 cm³/mol. The van der Waals surface area contributed by atoms with E-state index in [9.17, 15) is 4.79 Å². The van der Waals surface area contributed by atoms with Crippen molar-refractivity contribution in [3.8, 4) is 0 Å². The summed E-state index contributed by atoms with van der Waals surface area (Å²) in [4.78, 5) is 13.7. The zero-order valence-corrected chi connectivity index (χ0v) is 7.16. The second-order valence-corrected chi connectivity index (χ2v) is 2.90. The lowest BCUT2D eigenvalue weighted by Gasteiger charge is -2.03. The summed E-state index contributed by atoms with van der Waals surface area (Å²) >= 11 is 0. The van der Waals surface area contributed by atoms with Crippen LogP contribution in [0.1, 0.15) is 18.3 Å². The van der Waals surface area contributed by atoms with Gasteiger partial charge in [0.05, 0.1) is 6.26 Å². The van der Waals surface area contributed by atoms with Crippen molar-refractivity contribution in [3.05, 3.63) is 34.6 Å². The molecule has 0 radical (unpaired) electrons. The third kappa shape index (κ3) is 1.43. The van der Waals surface area contributed by atoms with Gasteiger partial charge in [0, 0.05) is 11.3 Å².